The van der Waals surface area contributed by atoms with Gasteiger partial charge in [-0.05, 0) is 49.4 Å². The molecule has 0 unspecified atom stereocenters. The largest absolute Gasteiger partial charge is 0.478 e. The van der Waals surface area contributed by atoms with E-state index in [1.807, 2.05) is 24.3 Å². The van der Waals surface area contributed by atoms with Gasteiger partial charge < -0.3 is 10.4 Å². The van der Waals surface area contributed by atoms with Gasteiger partial charge in [0.2, 0.25) is 0 Å². The Morgan fingerprint density at radius 1 is 1.10 bits per heavy atom. The van der Waals surface area contributed by atoms with Crippen LogP contribution in [0.3, 0.4) is 0 Å². The first kappa shape index (κ1) is 20.8. The minimum Gasteiger partial charge on any atom is -0.478 e. The smallest absolute Gasteiger partial charge is 0.335 e. The molecule has 5 rings (SSSR count). The van der Waals surface area contributed by atoms with Crippen molar-refractivity contribution in [3.63, 3.8) is 0 Å². The molecule has 8 nitrogen and oxygen atoms in total. The first-order valence-electron chi connectivity index (χ1n) is 9.72. The number of carbonyl (C=O) groups is 1. The van der Waals surface area contributed by atoms with E-state index >= 15 is 0 Å². The number of benzene rings is 1. The van der Waals surface area contributed by atoms with E-state index in [9.17, 15) is 9.59 Å². The number of nitrogens with zero attached hydrogens (tertiary/aromatic N) is 4. The van der Waals surface area contributed by atoms with Crippen molar-refractivity contribution < 1.29 is 9.90 Å². The summed E-state index contributed by atoms with van der Waals surface area (Å²) in [5, 5.41) is 12.3. The van der Waals surface area contributed by atoms with Gasteiger partial charge >= 0.3 is 11.7 Å². The zero-order chi connectivity index (χ0) is 20.7. The highest BCUT2D eigenvalue weighted by atomic mass is 35.5. The van der Waals surface area contributed by atoms with Crippen molar-refractivity contribution >= 4 is 29.5 Å². The topological polar surface area (TPSA) is 102 Å². The lowest BCUT2D eigenvalue weighted by Crippen LogP contribution is -2.28. The summed E-state index contributed by atoms with van der Waals surface area (Å²) < 4.78 is 3.42. The average molecular weight is 438 g/mol. The molecule has 9 heteroatoms. The maximum Gasteiger partial charge on any atom is 0.335 e. The van der Waals surface area contributed by atoms with Crippen molar-refractivity contribution in [3.8, 4) is 16.9 Å². The van der Waals surface area contributed by atoms with E-state index in [0.717, 1.165) is 30.6 Å². The van der Waals surface area contributed by atoms with Gasteiger partial charge in [-0.3, -0.25) is 14.1 Å². The highest BCUT2D eigenvalue weighted by molar-refractivity contribution is 5.88. The minimum absolute atomic E-state index is 0. The predicted octanol–water partition coefficient (Wildman–Crippen LogP) is 2.90. The number of carboxylic acid groups (broad SMARTS) is 1. The lowest BCUT2D eigenvalue weighted by Gasteiger charge is -2.09. The maximum atomic E-state index is 13.3. The molecule has 1 aliphatic heterocycles. The van der Waals surface area contributed by atoms with Gasteiger partial charge in [-0.25, -0.2) is 14.6 Å². The molecule has 31 heavy (non-hydrogen) atoms. The van der Waals surface area contributed by atoms with E-state index in [2.05, 4.69) is 15.3 Å². The fourth-order valence-electron chi connectivity index (χ4n) is 3.96. The first-order chi connectivity index (χ1) is 14.6. The summed E-state index contributed by atoms with van der Waals surface area (Å²) in [5.41, 5.74) is 3.68. The number of aromatic carboxylic acids is 1. The summed E-state index contributed by atoms with van der Waals surface area (Å²) in [4.78, 5) is 33.3. The third kappa shape index (κ3) is 3.60. The number of pyridine rings is 2. The lowest BCUT2D eigenvalue weighted by atomic mass is 10.1. The van der Waals surface area contributed by atoms with Gasteiger partial charge in [-0.15, -0.1) is 12.4 Å². The standard InChI is InChI=1S/C22H19N5O3.ClH/c28-21(29)15-5-3-14(4-6-15)18-8-7-16(13-25-18)26-19-2-1-10-24-20(19)27(22(26)30)17-9-11-23-12-17;/h1-8,10,13,17,23H,9,11-12H2,(H,28,29);1H/t17-;/m0./s1. The molecule has 4 heterocycles. The molecule has 1 aliphatic rings. The Kier molecular flexibility index (Phi) is 5.58. The number of imidazole rings is 1. The van der Waals surface area contributed by atoms with E-state index < -0.39 is 5.97 Å². The minimum atomic E-state index is -0.966. The molecular weight excluding hydrogens is 418 g/mol. The summed E-state index contributed by atoms with van der Waals surface area (Å²) >= 11 is 0. The number of carboxylic acids is 1. The van der Waals surface area contributed by atoms with Crippen molar-refractivity contribution in [3.05, 3.63) is 77.0 Å². The first-order valence-corrected chi connectivity index (χ1v) is 9.72. The molecule has 0 amide bonds. The van der Waals surface area contributed by atoms with Crippen molar-refractivity contribution in [2.75, 3.05) is 13.1 Å². The molecule has 2 N–H and O–H groups in total. The number of aromatic nitrogens is 4. The van der Waals surface area contributed by atoms with E-state index in [1.54, 1.807) is 45.8 Å². The molecule has 1 aromatic carbocycles. The number of halogens is 1. The van der Waals surface area contributed by atoms with Crippen LogP contribution in [0.15, 0.2) is 65.7 Å². The van der Waals surface area contributed by atoms with Gasteiger partial charge in [0.05, 0.1) is 34.7 Å². The third-order valence-corrected chi connectivity index (χ3v) is 5.47. The van der Waals surface area contributed by atoms with Gasteiger partial charge in [-0.1, -0.05) is 12.1 Å². The van der Waals surface area contributed by atoms with Gasteiger partial charge in [0.15, 0.2) is 5.65 Å². The fourth-order valence-corrected chi connectivity index (χ4v) is 3.96. The van der Waals surface area contributed by atoms with Crippen LogP contribution in [0.4, 0.5) is 0 Å². The van der Waals surface area contributed by atoms with Crippen LogP contribution in [-0.4, -0.2) is 43.3 Å². The number of hydrogen-bond donors (Lipinski definition) is 2. The van der Waals surface area contributed by atoms with Crippen LogP contribution < -0.4 is 11.0 Å². The van der Waals surface area contributed by atoms with Gasteiger partial charge in [0, 0.05) is 18.3 Å². The zero-order valence-electron chi connectivity index (χ0n) is 16.4. The summed E-state index contributed by atoms with van der Waals surface area (Å²) in [7, 11) is 0. The molecule has 0 saturated carbocycles. The monoisotopic (exact) mass is 437 g/mol. The molecule has 0 spiro atoms. The lowest BCUT2D eigenvalue weighted by molar-refractivity contribution is 0.0697. The molecule has 0 radical (unpaired) electrons. The van der Waals surface area contributed by atoms with E-state index in [1.165, 1.54) is 0 Å². The molecule has 1 saturated heterocycles. The van der Waals surface area contributed by atoms with Crippen LogP contribution in [0.5, 0.6) is 0 Å². The summed E-state index contributed by atoms with van der Waals surface area (Å²) in [5.74, 6) is -0.966. The van der Waals surface area contributed by atoms with Gasteiger partial charge in [-0.2, -0.15) is 0 Å². The molecule has 0 aliphatic carbocycles. The van der Waals surface area contributed by atoms with Crippen LogP contribution in [0, 0.1) is 0 Å². The molecule has 158 valence electrons. The average Bonchev–Trinajstić information content (AvgIpc) is 3.39. The number of hydrogen-bond acceptors (Lipinski definition) is 5. The summed E-state index contributed by atoms with van der Waals surface area (Å²) in [6.07, 6.45) is 4.25. The summed E-state index contributed by atoms with van der Waals surface area (Å²) in [6, 6.07) is 14.0. The normalized spacial score (nSPS) is 15.7. The second kappa shape index (κ2) is 8.33. The highest BCUT2D eigenvalue weighted by Crippen LogP contribution is 2.23. The van der Waals surface area contributed by atoms with E-state index in [-0.39, 0.29) is 29.7 Å². The molecule has 3 aromatic heterocycles. The van der Waals surface area contributed by atoms with Crippen LogP contribution in [0.2, 0.25) is 0 Å². The van der Waals surface area contributed by atoms with Crippen molar-refractivity contribution in [1.82, 2.24) is 24.4 Å². The quantitative estimate of drug-likeness (QED) is 0.509. The van der Waals surface area contributed by atoms with E-state index in [4.69, 9.17) is 5.11 Å². The fraction of sp³-hybridized carbons (Fsp3) is 0.182. The Balaban J connectivity index is 0.00000231. The second-order valence-electron chi connectivity index (χ2n) is 7.26. The SMILES string of the molecule is Cl.O=C(O)c1ccc(-c2ccc(-n3c(=O)n([C@H]4CCNC4)c4ncccc43)cn2)cc1. The molecule has 0 bridgehead atoms. The highest BCUT2D eigenvalue weighted by Gasteiger charge is 2.24. The Morgan fingerprint density at radius 2 is 1.90 bits per heavy atom. The molecule has 1 fully saturated rings. The number of nitrogens with one attached hydrogen (secondary N) is 1. The predicted molar refractivity (Wildman–Crippen MR) is 119 cm³/mol. The van der Waals surface area contributed by atoms with Gasteiger partial charge in [0.1, 0.15) is 0 Å². The maximum absolute atomic E-state index is 13.3. The second-order valence-corrected chi connectivity index (χ2v) is 7.26. The van der Waals surface area contributed by atoms with E-state index in [0.29, 0.717) is 17.0 Å². The van der Waals surface area contributed by atoms with Crippen LogP contribution in [-0.2, 0) is 0 Å². The van der Waals surface area contributed by atoms with Crippen molar-refractivity contribution in [1.29, 1.82) is 0 Å². The Morgan fingerprint density at radius 3 is 2.55 bits per heavy atom. The summed E-state index contributed by atoms with van der Waals surface area (Å²) in [6.45, 7) is 1.63. The van der Waals surface area contributed by atoms with Crippen molar-refractivity contribution in [2.45, 2.75) is 12.5 Å². The number of fused-ring (bicyclic) bond motifs is 1. The third-order valence-electron chi connectivity index (χ3n) is 5.47. The Bertz CT molecular complexity index is 1290. The van der Waals surface area contributed by atoms with Gasteiger partial charge in [0.25, 0.3) is 0 Å². The van der Waals surface area contributed by atoms with Crippen LogP contribution in [0.25, 0.3) is 28.1 Å². The Labute approximate surface area is 183 Å². The Hall–Kier alpha value is -3.49. The molecular formula is C22H20ClN5O3. The molecule has 4 aromatic rings. The number of rotatable bonds is 4. The zero-order valence-corrected chi connectivity index (χ0v) is 17.2. The van der Waals surface area contributed by atoms with Crippen LogP contribution in [0.1, 0.15) is 22.8 Å². The van der Waals surface area contributed by atoms with Crippen LogP contribution >= 0.6 is 12.4 Å². The van der Waals surface area contributed by atoms with Crippen molar-refractivity contribution in [2.24, 2.45) is 0 Å². The molecule has 1 atom stereocenters.